The first kappa shape index (κ1) is 12.4. The van der Waals surface area contributed by atoms with Crippen LogP contribution in [0.3, 0.4) is 0 Å². The summed E-state index contributed by atoms with van der Waals surface area (Å²) in [5.41, 5.74) is 5.36. The molecule has 1 unspecified atom stereocenters. The van der Waals surface area contributed by atoms with E-state index in [1.165, 1.54) is 0 Å². The highest BCUT2D eigenvalue weighted by atomic mass is 32.2. The number of nitrogens with two attached hydrogens (primary N) is 1. The molecule has 1 amide bonds. The molecule has 0 aliphatic heterocycles. The lowest BCUT2D eigenvalue weighted by Crippen LogP contribution is -2.42. The summed E-state index contributed by atoms with van der Waals surface area (Å²) in [4.78, 5) is 11.2. The quantitative estimate of drug-likeness (QED) is 0.665. The number of amides is 1. The molecule has 0 bridgehead atoms. The summed E-state index contributed by atoms with van der Waals surface area (Å²) in [5, 5.41) is 11.9. The fourth-order valence-corrected chi connectivity index (χ4v) is 2.41. The third-order valence-electron chi connectivity index (χ3n) is 2.67. The molecule has 1 aliphatic carbocycles. The molecule has 1 aromatic rings. The van der Waals surface area contributed by atoms with Gasteiger partial charge in [0.2, 0.25) is 5.91 Å². The van der Waals surface area contributed by atoms with Gasteiger partial charge in [0.1, 0.15) is 6.33 Å². The number of aromatic nitrogens is 3. The highest BCUT2D eigenvalue weighted by Gasteiger charge is 2.26. The number of hydrogen-bond acceptors (Lipinski definition) is 5. The Bertz CT molecular complexity index is 390. The lowest BCUT2D eigenvalue weighted by atomic mass is 10.2. The van der Waals surface area contributed by atoms with Gasteiger partial charge in [-0.1, -0.05) is 11.8 Å². The Labute approximate surface area is 104 Å². The number of nitrogens with zero attached hydrogens (tertiary/aromatic N) is 3. The van der Waals surface area contributed by atoms with Crippen molar-refractivity contribution in [1.82, 2.24) is 20.1 Å². The molecular weight excluding hydrogens is 238 g/mol. The summed E-state index contributed by atoms with van der Waals surface area (Å²) in [6.45, 7) is 0. The summed E-state index contributed by atoms with van der Waals surface area (Å²) in [6.07, 6.45) is 4.69. The summed E-state index contributed by atoms with van der Waals surface area (Å²) in [7, 11) is 1.90. The number of hydrogen-bond donors (Lipinski definition) is 2. The molecule has 1 aliphatic rings. The number of carbonyl (C=O) groups excluding carboxylic acids is 1. The standard InChI is InChI=1S/C10H17N5OS/c1-15-6-12-14-10(15)17-5-4-8(9(11)16)13-7-2-3-7/h6-8,13H,2-5H2,1H3,(H2,11,16). The van der Waals surface area contributed by atoms with Gasteiger partial charge >= 0.3 is 0 Å². The molecule has 0 spiro atoms. The Balaban J connectivity index is 1.75. The van der Waals surface area contributed by atoms with E-state index in [0.29, 0.717) is 6.04 Å². The minimum absolute atomic E-state index is 0.219. The molecule has 0 saturated heterocycles. The summed E-state index contributed by atoms with van der Waals surface area (Å²) < 4.78 is 1.86. The van der Waals surface area contributed by atoms with Crippen molar-refractivity contribution >= 4 is 17.7 Å². The number of primary amides is 1. The SMILES string of the molecule is Cn1cnnc1SCCC(NC1CC1)C(N)=O. The Morgan fingerprint density at radius 2 is 2.53 bits per heavy atom. The van der Waals surface area contributed by atoms with Crippen LogP contribution in [-0.2, 0) is 11.8 Å². The van der Waals surface area contributed by atoms with Crippen LogP contribution in [0.5, 0.6) is 0 Å². The second kappa shape index (κ2) is 5.50. The smallest absolute Gasteiger partial charge is 0.234 e. The molecule has 1 aromatic heterocycles. The van der Waals surface area contributed by atoms with E-state index in [1.807, 2.05) is 11.6 Å². The number of thioether (sulfide) groups is 1. The molecule has 0 radical (unpaired) electrons. The third kappa shape index (κ3) is 3.71. The number of carbonyl (C=O) groups is 1. The van der Waals surface area contributed by atoms with Crippen LogP contribution in [-0.4, -0.2) is 38.5 Å². The number of nitrogens with one attached hydrogen (secondary N) is 1. The van der Waals surface area contributed by atoms with Crippen molar-refractivity contribution in [3.05, 3.63) is 6.33 Å². The van der Waals surface area contributed by atoms with E-state index in [0.717, 1.165) is 30.2 Å². The Morgan fingerprint density at radius 1 is 1.76 bits per heavy atom. The largest absolute Gasteiger partial charge is 0.368 e. The van der Waals surface area contributed by atoms with Gasteiger partial charge in [0.05, 0.1) is 6.04 Å². The maximum absolute atomic E-state index is 11.2. The van der Waals surface area contributed by atoms with Crippen molar-refractivity contribution in [2.75, 3.05) is 5.75 Å². The van der Waals surface area contributed by atoms with Gasteiger partial charge in [-0.15, -0.1) is 10.2 Å². The van der Waals surface area contributed by atoms with Gasteiger partial charge in [-0.3, -0.25) is 4.79 Å². The van der Waals surface area contributed by atoms with Crippen LogP contribution < -0.4 is 11.1 Å². The average molecular weight is 255 g/mol. The molecule has 7 heteroatoms. The predicted molar refractivity (Wildman–Crippen MR) is 65.5 cm³/mol. The molecule has 1 heterocycles. The monoisotopic (exact) mass is 255 g/mol. The van der Waals surface area contributed by atoms with Gasteiger partial charge < -0.3 is 15.6 Å². The molecular formula is C10H17N5OS. The van der Waals surface area contributed by atoms with Crippen LogP contribution in [0.4, 0.5) is 0 Å². The first-order chi connectivity index (χ1) is 8.16. The molecule has 17 heavy (non-hydrogen) atoms. The zero-order valence-electron chi connectivity index (χ0n) is 9.80. The lowest BCUT2D eigenvalue weighted by molar-refractivity contribution is -0.120. The maximum Gasteiger partial charge on any atom is 0.234 e. The van der Waals surface area contributed by atoms with E-state index in [9.17, 15) is 4.79 Å². The molecule has 2 rings (SSSR count). The van der Waals surface area contributed by atoms with Crippen molar-refractivity contribution < 1.29 is 4.79 Å². The maximum atomic E-state index is 11.2. The van der Waals surface area contributed by atoms with Gasteiger partial charge in [0.25, 0.3) is 0 Å². The first-order valence-electron chi connectivity index (χ1n) is 5.69. The second-order valence-electron chi connectivity index (χ2n) is 4.26. The summed E-state index contributed by atoms with van der Waals surface area (Å²) in [5.74, 6) is 0.537. The second-order valence-corrected chi connectivity index (χ2v) is 5.32. The molecule has 1 atom stereocenters. The minimum atomic E-state index is -0.268. The third-order valence-corrected chi connectivity index (χ3v) is 3.73. The zero-order chi connectivity index (χ0) is 12.3. The number of aryl methyl sites for hydroxylation is 1. The van der Waals surface area contributed by atoms with Crippen LogP contribution in [0.25, 0.3) is 0 Å². The van der Waals surface area contributed by atoms with E-state index in [4.69, 9.17) is 5.73 Å². The van der Waals surface area contributed by atoms with Gasteiger partial charge in [0, 0.05) is 18.8 Å². The molecule has 1 fully saturated rings. The van der Waals surface area contributed by atoms with E-state index in [1.54, 1.807) is 18.1 Å². The summed E-state index contributed by atoms with van der Waals surface area (Å²) in [6, 6.07) is 0.274. The first-order valence-corrected chi connectivity index (χ1v) is 6.67. The fraction of sp³-hybridized carbons (Fsp3) is 0.700. The lowest BCUT2D eigenvalue weighted by Gasteiger charge is -2.14. The van der Waals surface area contributed by atoms with Gasteiger partial charge in [-0.25, -0.2) is 0 Å². The van der Waals surface area contributed by atoms with E-state index in [2.05, 4.69) is 15.5 Å². The average Bonchev–Trinajstić information content (AvgIpc) is 3.01. The highest BCUT2D eigenvalue weighted by Crippen LogP contribution is 2.21. The van der Waals surface area contributed by atoms with Crippen LogP contribution in [0, 0.1) is 0 Å². The highest BCUT2D eigenvalue weighted by molar-refractivity contribution is 7.99. The van der Waals surface area contributed by atoms with Crippen molar-refractivity contribution in [3.8, 4) is 0 Å². The van der Waals surface area contributed by atoms with Gasteiger partial charge in [-0.2, -0.15) is 0 Å². The normalized spacial score (nSPS) is 17.0. The van der Waals surface area contributed by atoms with Crippen molar-refractivity contribution in [2.24, 2.45) is 12.8 Å². The Morgan fingerprint density at radius 3 is 3.06 bits per heavy atom. The van der Waals surface area contributed by atoms with Crippen LogP contribution in [0.2, 0.25) is 0 Å². The molecule has 94 valence electrons. The molecule has 1 saturated carbocycles. The number of rotatable bonds is 7. The molecule has 3 N–H and O–H groups in total. The van der Waals surface area contributed by atoms with Crippen molar-refractivity contribution in [2.45, 2.75) is 36.5 Å². The van der Waals surface area contributed by atoms with Crippen LogP contribution in [0.15, 0.2) is 11.5 Å². The van der Waals surface area contributed by atoms with E-state index in [-0.39, 0.29) is 11.9 Å². The van der Waals surface area contributed by atoms with Crippen molar-refractivity contribution in [1.29, 1.82) is 0 Å². The van der Waals surface area contributed by atoms with Gasteiger partial charge in [0.15, 0.2) is 5.16 Å². The minimum Gasteiger partial charge on any atom is -0.368 e. The van der Waals surface area contributed by atoms with E-state index < -0.39 is 0 Å². The topological polar surface area (TPSA) is 85.8 Å². The summed E-state index contributed by atoms with van der Waals surface area (Å²) >= 11 is 1.59. The van der Waals surface area contributed by atoms with E-state index >= 15 is 0 Å². The Kier molecular flexibility index (Phi) is 4.01. The van der Waals surface area contributed by atoms with Crippen molar-refractivity contribution in [3.63, 3.8) is 0 Å². The molecule has 6 nitrogen and oxygen atoms in total. The van der Waals surface area contributed by atoms with Gasteiger partial charge in [-0.05, 0) is 19.3 Å². The Hall–Kier alpha value is -1.08. The van der Waals surface area contributed by atoms with Crippen LogP contribution in [0.1, 0.15) is 19.3 Å². The predicted octanol–water partition coefficient (Wildman–Crippen LogP) is -0.0968. The zero-order valence-corrected chi connectivity index (χ0v) is 10.6. The molecule has 0 aromatic carbocycles. The van der Waals surface area contributed by atoms with Crippen LogP contribution >= 0.6 is 11.8 Å². The fourth-order valence-electron chi connectivity index (χ4n) is 1.51.